The van der Waals surface area contributed by atoms with Crippen LogP contribution in [-0.2, 0) is 6.54 Å². The Balaban J connectivity index is 1.97. The summed E-state index contributed by atoms with van der Waals surface area (Å²) in [4.78, 5) is 2.51. The van der Waals surface area contributed by atoms with Gasteiger partial charge in [-0.1, -0.05) is 13.8 Å². The molecule has 1 aromatic heterocycles. The van der Waals surface area contributed by atoms with Gasteiger partial charge in [-0.25, -0.2) is 0 Å². The molecular weight excluding hydrogens is 224 g/mol. The second-order valence-corrected chi connectivity index (χ2v) is 5.28. The van der Waals surface area contributed by atoms with Crippen LogP contribution in [0.4, 0.5) is 0 Å². The summed E-state index contributed by atoms with van der Waals surface area (Å²) >= 11 is 0. The zero-order chi connectivity index (χ0) is 13.0. The fourth-order valence-electron chi connectivity index (χ4n) is 2.65. The van der Waals surface area contributed by atoms with Gasteiger partial charge in [0.15, 0.2) is 0 Å². The highest BCUT2D eigenvalue weighted by Crippen LogP contribution is 2.15. The van der Waals surface area contributed by atoms with Crippen molar-refractivity contribution in [2.75, 3.05) is 19.6 Å². The van der Waals surface area contributed by atoms with Gasteiger partial charge in [0.2, 0.25) is 0 Å². The molecule has 0 unspecified atom stereocenters. The predicted molar refractivity (Wildman–Crippen MR) is 74.6 cm³/mol. The van der Waals surface area contributed by atoms with Crippen molar-refractivity contribution in [1.82, 2.24) is 20.0 Å². The Morgan fingerprint density at radius 1 is 1.44 bits per heavy atom. The zero-order valence-electron chi connectivity index (χ0n) is 11.9. The summed E-state index contributed by atoms with van der Waals surface area (Å²) < 4.78 is 2.14. The van der Waals surface area contributed by atoms with Crippen molar-refractivity contribution in [2.45, 2.75) is 52.2 Å². The van der Waals surface area contributed by atoms with Crippen LogP contribution in [0.1, 0.15) is 45.3 Å². The molecule has 18 heavy (non-hydrogen) atoms. The van der Waals surface area contributed by atoms with E-state index in [9.17, 15) is 0 Å². The van der Waals surface area contributed by atoms with Gasteiger partial charge in [-0.2, -0.15) is 5.10 Å². The summed E-state index contributed by atoms with van der Waals surface area (Å²) in [6.07, 6.45) is 4.45. The number of aromatic nitrogens is 2. The lowest BCUT2D eigenvalue weighted by atomic mass is 10.2. The van der Waals surface area contributed by atoms with Crippen LogP contribution >= 0.6 is 0 Å². The fraction of sp³-hybridized carbons (Fsp3) is 0.786. The second-order valence-electron chi connectivity index (χ2n) is 5.28. The van der Waals surface area contributed by atoms with Crippen LogP contribution in [0.3, 0.4) is 0 Å². The molecule has 0 amide bonds. The van der Waals surface area contributed by atoms with Crippen molar-refractivity contribution < 1.29 is 0 Å². The third-order valence-corrected chi connectivity index (χ3v) is 3.98. The van der Waals surface area contributed by atoms with Gasteiger partial charge >= 0.3 is 0 Å². The number of hydrogen-bond acceptors (Lipinski definition) is 3. The summed E-state index contributed by atoms with van der Waals surface area (Å²) in [5.74, 6) is 0. The Hall–Kier alpha value is -0.870. The summed E-state index contributed by atoms with van der Waals surface area (Å²) in [5, 5.41) is 8.16. The van der Waals surface area contributed by atoms with Gasteiger partial charge in [0.1, 0.15) is 0 Å². The molecule has 2 rings (SSSR count). The Labute approximate surface area is 110 Å². The van der Waals surface area contributed by atoms with Crippen LogP contribution in [0.15, 0.2) is 12.3 Å². The fourth-order valence-corrected chi connectivity index (χ4v) is 2.65. The minimum atomic E-state index is 0.555. The minimum absolute atomic E-state index is 0.555. The Kier molecular flexibility index (Phi) is 4.78. The number of nitrogens with zero attached hydrogens (tertiary/aromatic N) is 3. The van der Waals surface area contributed by atoms with Crippen molar-refractivity contribution in [2.24, 2.45) is 0 Å². The average molecular weight is 250 g/mol. The maximum Gasteiger partial charge on any atom is 0.0765 e. The SMILES string of the molecule is CCC(CC)n1ccc(CN2CCNC[C@H]2C)n1. The Morgan fingerprint density at radius 3 is 2.89 bits per heavy atom. The average Bonchev–Trinajstić information content (AvgIpc) is 2.82. The van der Waals surface area contributed by atoms with Gasteiger partial charge in [-0.05, 0) is 25.8 Å². The van der Waals surface area contributed by atoms with Gasteiger partial charge in [0.25, 0.3) is 0 Å². The first-order chi connectivity index (χ1) is 8.74. The van der Waals surface area contributed by atoms with E-state index in [1.807, 2.05) is 0 Å². The molecule has 0 bridgehead atoms. The van der Waals surface area contributed by atoms with Crippen molar-refractivity contribution in [3.05, 3.63) is 18.0 Å². The summed E-state index contributed by atoms with van der Waals surface area (Å²) in [5.41, 5.74) is 1.20. The number of rotatable bonds is 5. The normalized spacial score (nSPS) is 21.7. The van der Waals surface area contributed by atoms with Gasteiger partial charge < -0.3 is 5.32 Å². The summed E-state index contributed by atoms with van der Waals surface area (Å²) in [7, 11) is 0. The quantitative estimate of drug-likeness (QED) is 0.868. The first-order valence-electron chi connectivity index (χ1n) is 7.23. The van der Waals surface area contributed by atoms with E-state index in [4.69, 9.17) is 5.10 Å². The van der Waals surface area contributed by atoms with Gasteiger partial charge in [-0.15, -0.1) is 0 Å². The molecule has 0 saturated carbocycles. The lowest BCUT2D eigenvalue weighted by molar-refractivity contribution is 0.163. The van der Waals surface area contributed by atoms with Crippen molar-refractivity contribution >= 4 is 0 Å². The Morgan fingerprint density at radius 2 is 2.22 bits per heavy atom. The largest absolute Gasteiger partial charge is 0.314 e. The van der Waals surface area contributed by atoms with Crippen LogP contribution < -0.4 is 5.32 Å². The van der Waals surface area contributed by atoms with E-state index < -0.39 is 0 Å². The monoisotopic (exact) mass is 250 g/mol. The van der Waals surface area contributed by atoms with Crippen molar-refractivity contribution in [1.29, 1.82) is 0 Å². The highest BCUT2D eigenvalue weighted by Gasteiger charge is 2.19. The highest BCUT2D eigenvalue weighted by molar-refractivity contribution is 5.00. The van der Waals surface area contributed by atoms with E-state index in [1.165, 1.54) is 5.69 Å². The van der Waals surface area contributed by atoms with Gasteiger partial charge in [-0.3, -0.25) is 9.58 Å². The molecule has 0 spiro atoms. The van der Waals surface area contributed by atoms with E-state index in [-0.39, 0.29) is 0 Å². The number of piperazine rings is 1. The molecule has 0 aliphatic carbocycles. The Bertz CT molecular complexity index is 356. The molecule has 1 aliphatic rings. The maximum absolute atomic E-state index is 4.74. The van der Waals surface area contributed by atoms with Crippen LogP contribution in [0.5, 0.6) is 0 Å². The molecule has 1 atom stereocenters. The third kappa shape index (κ3) is 3.12. The molecule has 0 aromatic carbocycles. The molecule has 4 heteroatoms. The smallest absolute Gasteiger partial charge is 0.0765 e. The van der Waals surface area contributed by atoms with Crippen LogP contribution in [-0.4, -0.2) is 40.4 Å². The first kappa shape index (κ1) is 13.6. The molecule has 1 aromatic rings. The first-order valence-corrected chi connectivity index (χ1v) is 7.23. The standard InChI is InChI=1S/C14H26N4/c1-4-14(5-2)18-8-6-13(16-18)11-17-9-7-15-10-12(17)3/h6,8,12,14-15H,4-5,7,9-11H2,1-3H3/t12-/m1/s1. The van der Waals surface area contributed by atoms with E-state index in [1.54, 1.807) is 0 Å². The van der Waals surface area contributed by atoms with Crippen LogP contribution in [0.25, 0.3) is 0 Å². The lowest BCUT2D eigenvalue weighted by Crippen LogP contribution is -2.49. The molecule has 4 nitrogen and oxygen atoms in total. The molecular formula is C14H26N4. The van der Waals surface area contributed by atoms with Gasteiger partial charge in [0.05, 0.1) is 11.7 Å². The lowest BCUT2D eigenvalue weighted by Gasteiger charge is -2.33. The zero-order valence-corrected chi connectivity index (χ0v) is 11.9. The molecule has 2 heterocycles. The van der Waals surface area contributed by atoms with E-state index >= 15 is 0 Å². The second kappa shape index (κ2) is 6.34. The van der Waals surface area contributed by atoms with E-state index in [0.717, 1.165) is 39.0 Å². The number of hydrogen-bond donors (Lipinski definition) is 1. The van der Waals surface area contributed by atoms with Gasteiger partial charge in [0, 0.05) is 38.4 Å². The van der Waals surface area contributed by atoms with Crippen molar-refractivity contribution in [3.8, 4) is 0 Å². The molecule has 1 aliphatic heterocycles. The topological polar surface area (TPSA) is 33.1 Å². The molecule has 1 saturated heterocycles. The predicted octanol–water partition coefficient (Wildman–Crippen LogP) is 2.04. The molecule has 102 valence electrons. The van der Waals surface area contributed by atoms with Crippen LogP contribution in [0.2, 0.25) is 0 Å². The van der Waals surface area contributed by atoms with Crippen molar-refractivity contribution in [3.63, 3.8) is 0 Å². The third-order valence-electron chi connectivity index (χ3n) is 3.98. The molecule has 1 N–H and O–H groups in total. The van der Waals surface area contributed by atoms with E-state index in [0.29, 0.717) is 12.1 Å². The summed E-state index contributed by atoms with van der Waals surface area (Å²) in [6, 6.07) is 3.34. The maximum atomic E-state index is 4.74. The van der Waals surface area contributed by atoms with E-state index in [2.05, 4.69) is 47.9 Å². The highest BCUT2D eigenvalue weighted by atomic mass is 15.3. The number of nitrogens with one attached hydrogen (secondary N) is 1. The molecule has 1 fully saturated rings. The minimum Gasteiger partial charge on any atom is -0.314 e. The van der Waals surface area contributed by atoms with Crippen LogP contribution in [0, 0.1) is 0 Å². The molecule has 0 radical (unpaired) electrons. The summed E-state index contributed by atoms with van der Waals surface area (Å²) in [6.45, 7) is 11.0.